The highest BCUT2D eigenvalue weighted by atomic mass is 32.2. The molecule has 2 aromatic carbocycles. The minimum atomic E-state index is -3.58. The van der Waals surface area contributed by atoms with Crippen LogP contribution in [0.5, 0.6) is 0 Å². The zero-order valence-electron chi connectivity index (χ0n) is 16.2. The highest BCUT2D eigenvalue weighted by molar-refractivity contribution is 7.92. The average Bonchev–Trinajstić information content (AvgIpc) is 2.64. The van der Waals surface area contributed by atoms with Crippen LogP contribution in [0.3, 0.4) is 0 Å². The molecule has 27 heavy (non-hydrogen) atoms. The summed E-state index contributed by atoms with van der Waals surface area (Å²) in [6.07, 6.45) is 0. The monoisotopic (exact) mass is 407 g/mol. The fourth-order valence-corrected chi connectivity index (χ4v) is 5.23. The molecule has 0 fully saturated rings. The summed E-state index contributed by atoms with van der Waals surface area (Å²) in [5.74, 6) is 0. The van der Waals surface area contributed by atoms with Crippen molar-refractivity contribution in [2.24, 2.45) is 0 Å². The number of para-hydroxylation sites is 1. The van der Waals surface area contributed by atoms with Crippen molar-refractivity contribution in [2.75, 3.05) is 39.6 Å². The summed E-state index contributed by atoms with van der Waals surface area (Å²) in [4.78, 5) is 5.77. The Hall–Kier alpha value is -1.58. The Morgan fingerprint density at radius 3 is 2.30 bits per heavy atom. The molecule has 146 valence electrons. The number of sulfonamides is 1. The van der Waals surface area contributed by atoms with E-state index in [0.29, 0.717) is 17.1 Å². The molecule has 8 heteroatoms. The van der Waals surface area contributed by atoms with Crippen LogP contribution >= 0.6 is 0 Å². The molecule has 3 rings (SSSR count). The van der Waals surface area contributed by atoms with E-state index < -0.39 is 21.2 Å². The van der Waals surface area contributed by atoms with Crippen LogP contribution in [0.1, 0.15) is 6.92 Å². The largest absolute Gasteiger partial charge is 0.606 e. The van der Waals surface area contributed by atoms with Gasteiger partial charge in [-0.1, -0.05) is 12.1 Å². The van der Waals surface area contributed by atoms with Crippen molar-refractivity contribution in [3.05, 3.63) is 42.5 Å². The average molecular weight is 408 g/mol. The number of nitrogens with zero attached hydrogens (tertiary/aromatic N) is 3. The van der Waals surface area contributed by atoms with Gasteiger partial charge in [0, 0.05) is 37.9 Å². The van der Waals surface area contributed by atoms with Crippen LogP contribution in [-0.4, -0.2) is 63.0 Å². The fraction of sp³-hybridized carbons (Fsp3) is 0.368. The van der Waals surface area contributed by atoms with Crippen LogP contribution in [0.15, 0.2) is 57.2 Å². The van der Waals surface area contributed by atoms with Crippen LogP contribution < -0.4 is 4.90 Å². The number of benzene rings is 2. The third-order valence-electron chi connectivity index (χ3n) is 4.88. The molecule has 0 N–H and O–H groups in total. The van der Waals surface area contributed by atoms with Crippen LogP contribution in [0, 0.1) is 0 Å². The van der Waals surface area contributed by atoms with E-state index >= 15 is 0 Å². The number of hydrogen-bond donors (Lipinski definition) is 0. The normalized spacial score (nSPS) is 17.8. The lowest BCUT2D eigenvalue weighted by molar-refractivity contribution is 0.319. The zero-order chi connectivity index (χ0) is 19.9. The maximum atomic E-state index is 13.1. The number of anilines is 2. The number of likely N-dealkylation sites (N-methyl/N-ethyl adjacent to an activating group) is 1. The Kier molecular flexibility index (Phi) is 5.56. The van der Waals surface area contributed by atoms with Crippen molar-refractivity contribution in [3.8, 4) is 0 Å². The SMILES string of the molecule is CC(CN1c2ccccc2[S+]([O-])c2ccc(S(=O)(=O)N(C)C)cc21)N(C)C. The van der Waals surface area contributed by atoms with Crippen molar-refractivity contribution in [1.29, 1.82) is 0 Å². The standard InChI is InChI=1S/C19H25N3O3S2/c1-14(20(2)3)13-22-16-8-6-7-9-18(16)26(23)19-11-10-15(12-17(19)22)27(24,25)21(4)5/h6-12,14H,13H2,1-5H3. The second kappa shape index (κ2) is 7.44. The minimum absolute atomic E-state index is 0.199. The molecule has 2 unspecified atom stereocenters. The van der Waals surface area contributed by atoms with Crippen molar-refractivity contribution in [2.45, 2.75) is 27.7 Å². The van der Waals surface area contributed by atoms with Gasteiger partial charge in [0.2, 0.25) is 10.0 Å². The second-order valence-corrected chi connectivity index (χ2v) is 10.6. The first-order valence-corrected chi connectivity index (χ1v) is 11.2. The second-order valence-electron chi connectivity index (χ2n) is 7.08. The van der Waals surface area contributed by atoms with E-state index in [1.807, 2.05) is 38.4 Å². The van der Waals surface area contributed by atoms with Crippen LogP contribution in [0.2, 0.25) is 0 Å². The third-order valence-corrected chi connectivity index (χ3v) is 8.18. The third kappa shape index (κ3) is 3.60. The van der Waals surface area contributed by atoms with Gasteiger partial charge in [-0.15, -0.1) is 0 Å². The van der Waals surface area contributed by atoms with Crippen molar-refractivity contribution < 1.29 is 13.0 Å². The number of rotatable bonds is 5. The molecule has 0 spiro atoms. The van der Waals surface area contributed by atoms with E-state index in [4.69, 9.17) is 0 Å². The first-order chi connectivity index (χ1) is 12.6. The van der Waals surface area contributed by atoms with E-state index in [9.17, 15) is 13.0 Å². The highest BCUT2D eigenvalue weighted by Crippen LogP contribution is 2.44. The highest BCUT2D eigenvalue weighted by Gasteiger charge is 2.35. The van der Waals surface area contributed by atoms with Gasteiger partial charge in [0.05, 0.1) is 16.3 Å². The maximum Gasteiger partial charge on any atom is 0.242 e. The lowest BCUT2D eigenvalue weighted by atomic mass is 10.2. The van der Waals surface area contributed by atoms with E-state index in [1.54, 1.807) is 12.1 Å². The molecule has 2 aromatic rings. The van der Waals surface area contributed by atoms with Crippen LogP contribution in [0.25, 0.3) is 0 Å². The molecule has 1 heterocycles. The topological polar surface area (TPSA) is 66.9 Å². The van der Waals surface area contributed by atoms with Crippen molar-refractivity contribution >= 4 is 32.6 Å². The van der Waals surface area contributed by atoms with Crippen LogP contribution in [-0.2, 0) is 21.2 Å². The Balaban J connectivity index is 2.18. The Bertz CT molecular complexity index is 945. The molecular weight excluding hydrogens is 382 g/mol. The van der Waals surface area contributed by atoms with Crippen LogP contribution in [0.4, 0.5) is 11.4 Å². The molecular formula is C19H25N3O3S2. The molecule has 0 aromatic heterocycles. The predicted molar refractivity (Wildman–Crippen MR) is 109 cm³/mol. The molecule has 0 bridgehead atoms. The summed E-state index contributed by atoms with van der Waals surface area (Å²) in [6, 6.07) is 12.7. The molecule has 0 aliphatic carbocycles. The molecule has 1 aliphatic rings. The van der Waals surface area contributed by atoms with Crippen molar-refractivity contribution in [3.63, 3.8) is 0 Å². The molecule has 6 nitrogen and oxygen atoms in total. The summed E-state index contributed by atoms with van der Waals surface area (Å²) in [5, 5.41) is 0. The van der Waals surface area contributed by atoms with Gasteiger partial charge in [-0.3, -0.25) is 0 Å². The van der Waals surface area contributed by atoms with Gasteiger partial charge in [0.1, 0.15) is 0 Å². The Morgan fingerprint density at radius 2 is 1.67 bits per heavy atom. The molecule has 0 radical (unpaired) electrons. The fourth-order valence-electron chi connectivity index (χ4n) is 2.95. The van der Waals surface area contributed by atoms with Gasteiger partial charge in [-0.25, -0.2) is 12.7 Å². The molecule has 0 amide bonds. The van der Waals surface area contributed by atoms with Gasteiger partial charge >= 0.3 is 0 Å². The van der Waals surface area contributed by atoms with Gasteiger partial charge in [-0.2, -0.15) is 0 Å². The molecule has 0 saturated heterocycles. The summed E-state index contributed by atoms with van der Waals surface area (Å²) < 4.78 is 39.5. The van der Waals surface area contributed by atoms with E-state index in [2.05, 4.69) is 16.7 Å². The lowest BCUT2D eigenvalue weighted by Gasteiger charge is -2.36. The summed E-state index contributed by atoms with van der Waals surface area (Å²) in [5.41, 5.74) is 1.54. The molecule has 0 saturated carbocycles. The predicted octanol–water partition coefficient (Wildman–Crippen LogP) is 2.51. The van der Waals surface area contributed by atoms with E-state index in [0.717, 1.165) is 10.6 Å². The summed E-state index contributed by atoms with van der Waals surface area (Å²) in [7, 11) is 3.45. The quantitative estimate of drug-likeness (QED) is 0.713. The smallest absolute Gasteiger partial charge is 0.242 e. The van der Waals surface area contributed by atoms with E-state index in [-0.39, 0.29) is 10.9 Å². The summed E-state index contributed by atoms with van der Waals surface area (Å²) >= 11 is -1.35. The minimum Gasteiger partial charge on any atom is -0.606 e. The maximum absolute atomic E-state index is 13.1. The van der Waals surface area contributed by atoms with Gasteiger partial charge in [0.15, 0.2) is 9.79 Å². The van der Waals surface area contributed by atoms with Gasteiger partial charge in [0.25, 0.3) is 0 Å². The number of hydrogen-bond acceptors (Lipinski definition) is 5. The van der Waals surface area contributed by atoms with Gasteiger partial charge in [-0.05, 0) is 51.4 Å². The molecule has 2 atom stereocenters. The van der Waals surface area contributed by atoms with E-state index in [1.165, 1.54) is 24.5 Å². The lowest BCUT2D eigenvalue weighted by Crippen LogP contribution is -2.38. The summed E-state index contributed by atoms with van der Waals surface area (Å²) in [6.45, 7) is 2.76. The van der Waals surface area contributed by atoms with Crippen molar-refractivity contribution in [1.82, 2.24) is 9.21 Å². The number of fused-ring (bicyclic) bond motifs is 2. The Labute approximate surface area is 164 Å². The zero-order valence-corrected chi connectivity index (χ0v) is 17.8. The Morgan fingerprint density at radius 1 is 1.04 bits per heavy atom. The molecule has 1 aliphatic heterocycles. The first-order valence-electron chi connectivity index (χ1n) is 8.66. The first kappa shape index (κ1) is 20.2. The van der Waals surface area contributed by atoms with Gasteiger partial charge < -0.3 is 14.4 Å².